The van der Waals surface area contributed by atoms with E-state index < -0.39 is 0 Å². The predicted molar refractivity (Wildman–Crippen MR) is 49.6 cm³/mol. The molecule has 0 radical (unpaired) electrons. The van der Waals surface area contributed by atoms with Crippen molar-refractivity contribution < 1.29 is 4.74 Å². The highest BCUT2D eigenvalue weighted by molar-refractivity contribution is 7.98. The summed E-state index contributed by atoms with van der Waals surface area (Å²) in [5.41, 5.74) is 7.16. The predicted octanol–water partition coefficient (Wildman–Crippen LogP) is 1.37. The molecule has 1 heterocycles. The molecule has 0 aromatic rings. The molecule has 3 heteroatoms. The molecule has 1 unspecified atom stereocenters. The minimum absolute atomic E-state index is 0.199. The first-order chi connectivity index (χ1) is 5.34. The monoisotopic (exact) mass is 173 g/mol. The first kappa shape index (κ1) is 8.94. The van der Waals surface area contributed by atoms with Gasteiger partial charge in [0.2, 0.25) is 0 Å². The Hall–Kier alpha value is -0.150. The summed E-state index contributed by atoms with van der Waals surface area (Å²) in [6.45, 7) is 0.857. The number of nitrogens with two attached hydrogens (primary N) is 1. The van der Waals surface area contributed by atoms with Gasteiger partial charge in [0.1, 0.15) is 0 Å². The minimum atomic E-state index is 0.199. The molecule has 0 spiro atoms. The highest BCUT2D eigenvalue weighted by atomic mass is 32.2. The summed E-state index contributed by atoms with van der Waals surface area (Å²) in [5, 5.41) is 0. The van der Waals surface area contributed by atoms with Crippen molar-refractivity contribution in [1.82, 2.24) is 0 Å². The van der Waals surface area contributed by atoms with E-state index in [2.05, 4.69) is 6.26 Å². The van der Waals surface area contributed by atoms with Crippen molar-refractivity contribution in [2.75, 3.05) is 18.6 Å². The van der Waals surface area contributed by atoms with Gasteiger partial charge in [-0.1, -0.05) is 0 Å². The molecule has 0 fully saturated rings. The van der Waals surface area contributed by atoms with Gasteiger partial charge in [0, 0.05) is 11.8 Å². The zero-order valence-corrected chi connectivity index (χ0v) is 7.69. The number of hydrogen-bond acceptors (Lipinski definition) is 3. The Kier molecular flexibility index (Phi) is 3.80. The van der Waals surface area contributed by atoms with Crippen molar-refractivity contribution in [3.63, 3.8) is 0 Å². The molecule has 0 aromatic carbocycles. The summed E-state index contributed by atoms with van der Waals surface area (Å²) in [5.74, 6) is 0.995. The molecule has 11 heavy (non-hydrogen) atoms. The van der Waals surface area contributed by atoms with Crippen molar-refractivity contribution in [3.8, 4) is 0 Å². The standard InChI is InChI=1S/C8H15NOS/c1-11-6-8(9)7-3-2-4-10-5-7/h5,8H,2-4,6,9H2,1H3. The number of hydrogen-bond donors (Lipinski definition) is 1. The second-order valence-electron chi connectivity index (χ2n) is 2.73. The molecule has 1 atom stereocenters. The largest absolute Gasteiger partial charge is 0.501 e. The highest BCUT2D eigenvalue weighted by Crippen LogP contribution is 2.16. The lowest BCUT2D eigenvalue weighted by Crippen LogP contribution is -2.27. The summed E-state index contributed by atoms with van der Waals surface area (Å²) >= 11 is 1.78. The molecule has 0 saturated carbocycles. The lowest BCUT2D eigenvalue weighted by Gasteiger charge is -2.18. The van der Waals surface area contributed by atoms with E-state index in [9.17, 15) is 0 Å². The van der Waals surface area contributed by atoms with E-state index in [1.807, 2.05) is 6.26 Å². The van der Waals surface area contributed by atoms with Crippen LogP contribution in [-0.4, -0.2) is 24.7 Å². The fourth-order valence-electron chi connectivity index (χ4n) is 1.14. The van der Waals surface area contributed by atoms with Gasteiger partial charge in [0.25, 0.3) is 0 Å². The molecular weight excluding hydrogens is 158 g/mol. The van der Waals surface area contributed by atoms with Gasteiger partial charge in [-0.3, -0.25) is 0 Å². The van der Waals surface area contributed by atoms with E-state index >= 15 is 0 Å². The lowest BCUT2D eigenvalue weighted by molar-refractivity contribution is 0.222. The summed E-state index contributed by atoms with van der Waals surface area (Å²) in [6, 6.07) is 0.199. The Labute approximate surface area is 72.2 Å². The van der Waals surface area contributed by atoms with E-state index in [4.69, 9.17) is 10.5 Å². The van der Waals surface area contributed by atoms with Crippen molar-refractivity contribution in [1.29, 1.82) is 0 Å². The van der Waals surface area contributed by atoms with Crippen LogP contribution in [0.15, 0.2) is 11.8 Å². The Morgan fingerprint density at radius 1 is 1.82 bits per heavy atom. The molecule has 0 aliphatic carbocycles. The maximum absolute atomic E-state index is 5.89. The van der Waals surface area contributed by atoms with E-state index in [1.165, 1.54) is 5.57 Å². The van der Waals surface area contributed by atoms with Crippen LogP contribution in [-0.2, 0) is 4.74 Å². The topological polar surface area (TPSA) is 35.2 Å². The van der Waals surface area contributed by atoms with Crippen LogP contribution in [0, 0.1) is 0 Å². The first-order valence-corrected chi connectivity index (χ1v) is 5.29. The van der Waals surface area contributed by atoms with Crippen molar-refractivity contribution in [2.45, 2.75) is 18.9 Å². The SMILES string of the molecule is CSCC(N)C1=COCCC1. The van der Waals surface area contributed by atoms with Crippen LogP contribution in [0.1, 0.15) is 12.8 Å². The average Bonchev–Trinajstić information content (AvgIpc) is 2.07. The van der Waals surface area contributed by atoms with Gasteiger partial charge in [0.05, 0.1) is 12.9 Å². The molecule has 1 aliphatic rings. The van der Waals surface area contributed by atoms with Gasteiger partial charge in [-0.15, -0.1) is 0 Å². The van der Waals surface area contributed by atoms with E-state index in [1.54, 1.807) is 11.8 Å². The summed E-state index contributed by atoms with van der Waals surface area (Å²) < 4.78 is 5.20. The van der Waals surface area contributed by atoms with Crippen molar-refractivity contribution in [3.05, 3.63) is 11.8 Å². The van der Waals surface area contributed by atoms with Gasteiger partial charge in [0.15, 0.2) is 0 Å². The highest BCUT2D eigenvalue weighted by Gasteiger charge is 2.11. The molecule has 0 saturated heterocycles. The van der Waals surface area contributed by atoms with E-state index in [0.717, 1.165) is 25.2 Å². The van der Waals surface area contributed by atoms with Crippen LogP contribution >= 0.6 is 11.8 Å². The number of thioether (sulfide) groups is 1. The summed E-state index contributed by atoms with van der Waals surface area (Å²) in [6.07, 6.45) is 6.14. The number of rotatable bonds is 3. The quantitative estimate of drug-likeness (QED) is 0.700. The molecular formula is C8H15NOS. The summed E-state index contributed by atoms with van der Waals surface area (Å²) in [7, 11) is 0. The Bertz CT molecular complexity index is 147. The maximum Gasteiger partial charge on any atom is 0.0876 e. The second-order valence-corrected chi connectivity index (χ2v) is 3.64. The Balaban J connectivity index is 2.37. The Morgan fingerprint density at radius 2 is 2.64 bits per heavy atom. The third-order valence-corrected chi connectivity index (χ3v) is 2.48. The van der Waals surface area contributed by atoms with Crippen LogP contribution in [0.25, 0.3) is 0 Å². The molecule has 2 nitrogen and oxygen atoms in total. The maximum atomic E-state index is 5.89. The minimum Gasteiger partial charge on any atom is -0.501 e. The molecule has 0 amide bonds. The third kappa shape index (κ3) is 2.75. The van der Waals surface area contributed by atoms with Gasteiger partial charge in [-0.05, 0) is 24.7 Å². The van der Waals surface area contributed by atoms with Crippen LogP contribution in [0.4, 0.5) is 0 Å². The van der Waals surface area contributed by atoms with Crippen LogP contribution < -0.4 is 5.73 Å². The molecule has 0 bridgehead atoms. The molecule has 1 rings (SSSR count). The van der Waals surface area contributed by atoms with Crippen molar-refractivity contribution in [2.24, 2.45) is 5.73 Å². The zero-order chi connectivity index (χ0) is 8.10. The molecule has 0 aromatic heterocycles. The fourth-order valence-corrected chi connectivity index (χ4v) is 1.72. The van der Waals surface area contributed by atoms with Crippen LogP contribution in [0.5, 0.6) is 0 Å². The van der Waals surface area contributed by atoms with Crippen molar-refractivity contribution >= 4 is 11.8 Å². The van der Waals surface area contributed by atoms with Gasteiger partial charge in [-0.2, -0.15) is 11.8 Å². The fraction of sp³-hybridized carbons (Fsp3) is 0.750. The average molecular weight is 173 g/mol. The van der Waals surface area contributed by atoms with E-state index in [0.29, 0.717) is 0 Å². The van der Waals surface area contributed by atoms with Gasteiger partial charge < -0.3 is 10.5 Å². The van der Waals surface area contributed by atoms with Gasteiger partial charge in [-0.25, -0.2) is 0 Å². The molecule has 64 valence electrons. The third-order valence-electron chi connectivity index (χ3n) is 1.78. The van der Waals surface area contributed by atoms with Gasteiger partial charge >= 0.3 is 0 Å². The van der Waals surface area contributed by atoms with Crippen LogP contribution in [0.3, 0.4) is 0 Å². The summed E-state index contributed by atoms with van der Waals surface area (Å²) in [4.78, 5) is 0. The first-order valence-electron chi connectivity index (χ1n) is 3.89. The zero-order valence-electron chi connectivity index (χ0n) is 6.88. The smallest absolute Gasteiger partial charge is 0.0876 e. The van der Waals surface area contributed by atoms with Crippen LogP contribution in [0.2, 0.25) is 0 Å². The molecule has 1 aliphatic heterocycles. The molecule has 2 N–H and O–H groups in total. The Morgan fingerprint density at radius 3 is 3.18 bits per heavy atom. The normalized spacial score (nSPS) is 20.4. The number of ether oxygens (including phenoxy) is 1. The second kappa shape index (κ2) is 4.67. The van der Waals surface area contributed by atoms with E-state index in [-0.39, 0.29) is 6.04 Å². The lowest BCUT2D eigenvalue weighted by atomic mass is 10.0.